The third kappa shape index (κ3) is 4.89. The highest BCUT2D eigenvalue weighted by molar-refractivity contribution is 7.88. The van der Waals surface area contributed by atoms with Crippen molar-refractivity contribution in [2.24, 2.45) is 5.92 Å². The van der Waals surface area contributed by atoms with Gasteiger partial charge in [-0.05, 0) is 24.6 Å². The van der Waals surface area contributed by atoms with Crippen LogP contribution >= 0.6 is 0 Å². The van der Waals surface area contributed by atoms with Gasteiger partial charge in [0.25, 0.3) is 0 Å². The summed E-state index contributed by atoms with van der Waals surface area (Å²) in [5.41, 5.74) is 3.06. The molecule has 2 N–H and O–H groups in total. The maximum absolute atomic E-state index is 11.8. The first-order chi connectivity index (χ1) is 17.2. The van der Waals surface area contributed by atoms with Gasteiger partial charge in [-0.1, -0.05) is 12.6 Å². The van der Waals surface area contributed by atoms with Crippen LogP contribution in [-0.4, -0.2) is 84.7 Å². The lowest BCUT2D eigenvalue weighted by atomic mass is 10.1. The fraction of sp³-hybridized carbons (Fsp3) is 0.417. The smallest absolute Gasteiger partial charge is 0.245 e. The molecule has 2 aromatic heterocycles. The molecule has 1 unspecified atom stereocenters. The number of aromatic nitrogens is 3. The van der Waals surface area contributed by atoms with Crippen molar-refractivity contribution >= 4 is 21.2 Å². The van der Waals surface area contributed by atoms with E-state index in [9.17, 15) is 13.5 Å². The molecule has 12 heteroatoms. The highest BCUT2D eigenvalue weighted by Gasteiger charge is 2.27. The third-order valence-corrected chi connectivity index (χ3v) is 7.97. The van der Waals surface area contributed by atoms with E-state index in [0.29, 0.717) is 67.7 Å². The Balaban J connectivity index is 1.41. The highest BCUT2D eigenvalue weighted by Crippen LogP contribution is 2.35. The molecule has 2 atom stereocenters. The Morgan fingerprint density at radius 1 is 1.22 bits per heavy atom. The summed E-state index contributed by atoms with van der Waals surface area (Å²) in [6, 6.07) is 7.64. The number of nitrogens with zero attached hydrogens (tertiary/aromatic N) is 5. The number of rotatable bonds is 7. The summed E-state index contributed by atoms with van der Waals surface area (Å²) in [5, 5.41) is 17.1. The summed E-state index contributed by atoms with van der Waals surface area (Å²) >= 11 is 0. The summed E-state index contributed by atoms with van der Waals surface area (Å²) in [7, 11) is -1.59. The number of anilines is 1. The predicted molar refractivity (Wildman–Crippen MR) is 135 cm³/mol. The Labute approximate surface area is 210 Å². The number of sulfonamides is 1. The molecule has 2 fully saturated rings. The molecule has 0 aliphatic carbocycles. The van der Waals surface area contributed by atoms with Crippen LogP contribution in [0.15, 0.2) is 49.0 Å². The van der Waals surface area contributed by atoms with Crippen LogP contribution in [0.5, 0.6) is 11.6 Å². The molecule has 4 heterocycles. The second-order valence-corrected chi connectivity index (χ2v) is 11.0. The number of aliphatic hydroxyl groups excluding tert-OH is 1. The number of fused-ring (bicyclic) bond motifs is 1. The minimum absolute atomic E-state index is 0.0176. The lowest BCUT2D eigenvalue weighted by Crippen LogP contribution is -2.48. The van der Waals surface area contributed by atoms with Crippen LogP contribution in [0.1, 0.15) is 6.42 Å². The normalized spacial score (nSPS) is 21.1. The quantitative estimate of drug-likeness (QED) is 0.450. The zero-order chi connectivity index (χ0) is 25.4. The monoisotopic (exact) mass is 514 g/mol. The van der Waals surface area contributed by atoms with Crippen molar-refractivity contribution in [1.82, 2.24) is 24.2 Å². The van der Waals surface area contributed by atoms with E-state index in [1.807, 2.05) is 30.5 Å². The number of nitrogens with one attached hydrogen (secondary N) is 1. The van der Waals surface area contributed by atoms with E-state index in [0.717, 1.165) is 11.3 Å². The standard InChI is InChI=1S/C24H30N6O5S/c1-16(18-13-23(31)25-14-18)35-24-21-6-7-26-30(21)15-19(27-24)17-4-5-20(22(12-17)34-2)28-8-10-29(11-9-28)36(3,32)33/h4-7,12,15,18,23,25,31H,1,8-11,13-14H2,2-3H3/t18-,23?/m1/s1. The van der Waals surface area contributed by atoms with Crippen molar-refractivity contribution in [3.8, 4) is 22.9 Å². The maximum Gasteiger partial charge on any atom is 0.245 e. The van der Waals surface area contributed by atoms with Gasteiger partial charge in [0.05, 0.1) is 37.1 Å². The molecule has 0 bridgehead atoms. The van der Waals surface area contributed by atoms with Gasteiger partial charge < -0.3 is 19.5 Å². The number of ether oxygens (including phenoxy) is 2. The lowest BCUT2D eigenvalue weighted by Gasteiger charge is -2.35. The Hall–Kier alpha value is -3.19. The number of hydrogen-bond acceptors (Lipinski definition) is 9. The van der Waals surface area contributed by atoms with Crippen molar-refractivity contribution < 1.29 is 23.0 Å². The van der Waals surface area contributed by atoms with E-state index in [-0.39, 0.29) is 5.92 Å². The first kappa shape index (κ1) is 24.5. The molecule has 0 radical (unpaired) electrons. The van der Waals surface area contributed by atoms with E-state index in [4.69, 9.17) is 14.5 Å². The van der Waals surface area contributed by atoms with Gasteiger partial charge in [0.15, 0.2) is 0 Å². The average molecular weight is 515 g/mol. The second-order valence-electron chi connectivity index (χ2n) is 9.05. The SMILES string of the molecule is C=C(Oc1nc(-c2ccc(N3CCN(S(C)(=O)=O)CC3)c(OC)c2)cn2nccc12)[C@H]1CNC(O)C1. The Morgan fingerprint density at radius 2 is 2.00 bits per heavy atom. The van der Waals surface area contributed by atoms with Gasteiger partial charge in [0.2, 0.25) is 15.9 Å². The van der Waals surface area contributed by atoms with Crippen LogP contribution in [0.25, 0.3) is 16.8 Å². The molecular weight excluding hydrogens is 484 g/mol. The molecule has 2 aliphatic rings. The van der Waals surface area contributed by atoms with Crippen molar-refractivity contribution in [3.63, 3.8) is 0 Å². The Bertz CT molecular complexity index is 1380. The highest BCUT2D eigenvalue weighted by atomic mass is 32.2. The molecule has 3 aromatic rings. The summed E-state index contributed by atoms with van der Waals surface area (Å²) < 4.78 is 38.7. The molecule has 1 aromatic carbocycles. The summed E-state index contributed by atoms with van der Waals surface area (Å²) in [6.45, 7) is 6.66. The fourth-order valence-electron chi connectivity index (χ4n) is 4.64. The van der Waals surface area contributed by atoms with Crippen molar-refractivity contribution in [1.29, 1.82) is 0 Å². The van der Waals surface area contributed by atoms with Crippen LogP contribution in [0.3, 0.4) is 0 Å². The molecule has 192 valence electrons. The number of piperazine rings is 1. The Morgan fingerprint density at radius 3 is 2.67 bits per heavy atom. The molecule has 2 saturated heterocycles. The van der Waals surface area contributed by atoms with E-state index in [1.54, 1.807) is 17.8 Å². The summed E-state index contributed by atoms with van der Waals surface area (Å²) in [4.78, 5) is 6.88. The van der Waals surface area contributed by atoms with E-state index >= 15 is 0 Å². The fourth-order valence-corrected chi connectivity index (χ4v) is 5.46. The maximum atomic E-state index is 11.8. The average Bonchev–Trinajstić information content (AvgIpc) is 3.52. The van der Waals surface area contributed by atoms with E-state index in [2.05, 4.69) is 21.9 Å². The minimum atomic E-state index is -3.20. The zero-order valence-electron chi connectivity index (χ0n) is 20.3. The molecule has 0 saturated carbocycles. The van der Waals surface area contributed by atoms with Gasteiger partial charge in [-0.25, -0.2) is 17.9 Å². The first-order valence-corrected chi connectivity index (χ1v) is 13.6. The van der Waals surface area contributed by atoms with Crippen LogP contribution in [0.4, 0.5) is 5.69 Å². The molecule has 11 nitrogen and oxygen atoms in total. The van der Waals surface area contributed by atoms with Crippen LogP contribution in [0, 0.1) is 5.92 Å². The second kappa shape index (κ2) is 9.69. The molecule has 0 amide bonds. The number of benzene rings is 1. The van der Waals surface area contributed by atoms with Gasteiger partial charge in [0, 0.05) is 44.2 Å². The minimum Gasteiger partial charge on any atom is -0.495 e. The van der Waals surface area contributed by atoms with Gasteiger partial charge >= 0.3 is 0 Å². The van der Waals surface area contributed by atoms with Crippen molar-refractivity contribution in [3.05, 3.63) is 49.0 Å². The molecule has 5 rings (SSSR count). The predicted octanol–water partition coefficient (Wildman–Crippen LogP) is 1.31. The number of aliphatic hydroxyl groups is 1. The lowest BCUT2D eigenvalue weighted by molar-refractivity contribution is 0.155. The van der Waals surface area contributed by atoms with Gasteiger partial charge in [0.1, 0.15) is 23.3 Å². The van der Waals surface area contributed by atoms with Gasteiger partial charge in [-0.15, -0.1) is 0 Å². The van der Waals surface area contributed by atoms with E-state index < -0.39 is 16.3 Å². The van der Waals surface area contributed by atoms with Crippen molar-refractivity contribution in [2.45, 2.75) is 12.6 Å². The Kier molecular flexibility index (Phi) is 6.60. The summed E-state index contributed by atoms with van der Waals surface area (Å²) in [6.07, 6.45) is 4.71. The largest absolute Gasteiger partial charge is 0.495 e. The number of methoxy groups -OCH3 is 1. The van der Waals surface area contributed by atoms with Gasteiger partial charge in [-0.3, -0.25) is 5.32 Å². The first-order valence-electron chi connectivity index (χ1n) is 11.7. The van der Waals surface area contributed by atoms with Crippen LogP contribution in [0.2, 0.25) is 0 Å². The number of hydrogen-bond donors (Lipinski definition) is 2. The van der Waals surface area contributed by atoms with Crippen LogP contribution in [-0.2, 0) is 10.0 Å². The molecular formula is C24H30N6O5S. The van der Waals surface area contributed by atoms with E-state index in [1.165, 1.54) is 10.6 Å². The molecule has 36 heavy (non-hydrogen) atoms. The summed E-state index contributed by atoms with van der Waals surface area (Å²) in [5.74, 6) is 1.57. The third-order valence-electron chi connectivity index (χ3n) is 6.67. The van der Waals surface area contributed by atoms with Crippen molar-refractivity contribution in [2.75, 3.05) is 51.0 Å². The topological polar surface area (TPSA) is 122 Å². The zero-order valence-corrected chi connectivity index (χ0v) is 21.1. The molecule has 2 aliphatic heterocycles. The van der Waals surface area contributed by atoms with Crippen LogP contribution < -0.4 is 19.7 Å². The molecule has 0 spiro atoms. The van der Waals surface area contributed by atoms with Gasteiger partial charge in [-0.2, -0.15) is 9.40 Å².